The molecule has 1 aliphatic carbocycles. The smallest absolute Gasteiger partial charge is 0.259 e. The molecule has 0 radical (unpaired) electrons. The molecule has 208 valence electrons. The lowest BCUT2D eigenvalue weighted by molar-refractivity contribution is -0.117. The Morgan fingerprint density at radius 2 is 1.72 bits per heavy atom. The first-order valence-corrected chi connectivity index (χ1v) is 13.3. The molecular formula is C27H31Cl2N5O5. The molecule has 1 amide bonds. The molecular weight excluding hydrogens is 545 g/mol. The van der Waals surface area contributed by atoms with E-state index in [1.165, 1.54) is 50.5 Å². The van der Waals surface area contributed by atoms with E-state index in [2.05, 4.69) is 27.2 Å². The molecule has 2 aromatic heterocycles. The molecule has 3 aromatic rings. The number of ether oxygens (including phenoxy) is 3. The highest BCUT2D eigenvalue weighted by Crippen LogP contribution is 2.45. The van der Waals surface area contributed by atoms with Crippen molar-refractivity contribution in [3.63, 3.8) is 0 Å². The number of halogens is 2. The van der Waals surface area contributed by atoms with Crippen LogP contribution < -0.4 is 25.7 Å². The fourth-order valence-corrected chi connectivity index (χ4v) is 4.82. The second kappa shape index (κ2) is 12.7. The van der Waals surface area contributed by atoms with Gasteiger partial charge in [0, 0.05) is 30.3 Å². The van der Waals surface area contributed by atoms with Gasteiger partial charge in [0.05, 0.1) is 55.1 Å². The summed E-state index contributed by atoms with van der Waals surface area (Å²) < 4.78 is 17.5. The Bertz CT molecular complexity index is 1410. The molecule has 1 saturated heterocycles. The number of aryl methyl sites for hydroxylation is 1. The van der Waals surface area contributed by atoms with Crippen molar-refractivity contribution < 1.29 is 19.0 Å². The minimum absolute atomic E-state index is 0.183. The van der Waals surface area contributed by atoms with E-state index in [1.807, 2.05) is 0 Å². The van der Waals surface area contributed by atoms with Gasteiger partial charge in [-0.1, -0.05) is 55.5 Å². The predicted octanol–water partition coefficient (Wildman–Crippen LogP) is 4.36. The molecule has 10 nitrogen and oxygen atoms in total. The summed E-state index contributed by atoms with van der Waals surface area (Å²) in [5.74, 6) is 0.622. The van der Waals surface area contributed by atoms with Crippen LogP contribution in [-0.4, -0.2) is 60.0 Å². The van der Waals surface area contributed by atoms with E-state index >= 15 is 0 Å². The molecule has 3 heterocycles. The number of fused-ring (bicyclic) bond motifs is 1. The number of anilines is 1. The summed E-state index contributed by atoms with van der Waals surface area (Å²) in [7, 11) is 4.51. The Balaban J connectivity index is 0.000000808. The van der Waals surface area contributed by atoms with Crippen molar-refractivity contribution in [2.24, 2.45) is 7.05 Å². The molecule has 2 fully saturated rings. The number of pyridine rings is 1. The van der Waals surface area contributed by atoms with E-state index in [-0.39, 0.29) is 50.7 Å². The molecule has 1 saturated carbocycles. The molecule has 2 atom stereocenters. The summed E-state index contributed by atoms with van der Waals surface area (Å²) in [6.45, 7) is 4.16. The first kappa shape index (κ1) is 28.7. The van der Waals surface area contributed by atoms with Gasteiger partial charge in [-0.25, -0.2) is 4.98 Å². The van der Waals surface area contributed by atoms with E-state index in [4.69, 9.17) is 37.4 Å². The summed E-state index contributed by atoms with van der Waals surface area (Å²) >= 11 is 13.1. The number of hydrogen-bond acceptors (Lipinski definition) is 8. The topological polar surface area (TPSA) is 117 Å². The van der Waals surface area contributed by atoms with E-state index in [1.54, 1.807) is 25.4 Å². The maximum atomic E-state index is 13.4. The van der Waals surface area contributed by atoms with Crippen molar-refractivity contribution in [3.05, 3.63) is 51.4 Å². The van der Waals surface area contributed by atoms with Gasteiger partial charge in [0.25, 0.3) is 5.56 Å². The monoisotopic (exact) mass is 575 g/mol. The number of nitrogens with zero attached hydrogens (tertiary/aromatic N) is 3. The third kappa shape index (κ3) is 6.13. The number of carbonyl (C=O) groups excluding carboxylic acids is 1. The first-order chi connectivity index (χ1) is 18.8. The lowest BCUT2D eigenvalue weighted by Gasteiger charge is -2.20. The molecule has 2 aliphatic rings. The van der Waals surface area contributed by atoms with E-state index in [9.17, 15) is 9.59 Å². The summed E-state index contributed by atoms with van der Waals surface area (Å²) in [5.41, 5.74) is 0.552. The van der Waals surface area contributed by atoms with Crippen LogP contribution in [0, 0.1) is 0 Å². The van der Waals surface area contributed by atoms with E-state index in [0.29, 0.717) is 35.7 Å². The maximum Gasteiger partial charge on any atom is 0.259 e. The van der Waals surface area contributed by atoms with Gasteiger partial charge < -0.3 is 24.8 Å². The largest absolute Gasteiger partial charge is 0.495 e. The zero-order valence-electron chi connectivity index (χ0n) is 22.1. The highest BCUT2D eigenvalue weighted by Gasteiger charge is 2.30. The molecule has 0 unspecified atom stereocenters. The third-order valence-corrected chi connectivity index (χ3v) is 7.45. The summed E-state index contributed by atoms with van der Waals surface area (Å²) in [5, 5.41) is 6.93. The number of carbonyl (C=O) groups is 1. The molecule has 0 bridgehead atoms. The van der Waals surface area contributed by atoms with Gasteiger partial charge in [-0.2, -0.15) is 4.98 Å². The van der Waals surface area contributed by atoms with Crippen LogP contribution in [0.5, 0.6) is 11.5 Å². The Hall–Kier alpha value is -3.34. The van der Waals surface area contributed by atoms with Crippen molar-refractivity contribution in [3.8, 4) is 22.6 Å². The van der Waals surface area contributed by atoms with Gasteiger partial charge in [-0.05, 0) is 12.1 Å². The number of amides is 1. The normalized spacial score (nSPS) is 18.0. The minimum atomic E-state index is -0.374. The first-order valence-electron chi connectivity index (χ1n) is 12.5. The standard InChI is InChI=1S/C23H23Cl2N5O5.C4H8/c1-5-17(31)27-13-9-35-10-14(13)28-23-26-8-11-6-12(22(32)30(2)21(11)29-23)18-19(24)15(33-3)7-16(34-4)20(18)25;1-2-4-3-1/h5-8,13-14H,1,9-10H2,2-4H3,(H,27,31)(H,26,28,29);1-4H2/t13-,14+;/m0./s1. The van der Waals surface area contributed by atoms with Crippen LogP contribution in [0.2, 0.25) is 10.0 Å². The zero-order valence-corrected chi connectivity index (χ0v) is 23.6. The number of methoxy groups -OCH3 is 2. The number of rotatable bonds is 7. The molecule has 12 heteroatoms. The maximum absolute atomic E-state index is 13.4. The second-order valence-electron chi connectivity index (χ2n) is 9.20. The van der Waals surface area contributed by atoms with Gasteiger partial charge in [-0.15, -0.1) is 0 Å². The van der Waals surface area contributed by atoms with Crippen molar-refractivity contribution in [2.75, 3.05) is 32.8 Å². The Morgan fingerprint density at radius 1 is 1.10 bits per heavy atom. The van der Waals surface area contributed by atoms with Gasteiger partial charge in [0.2, 0.25) is 11.9 Å². The SMILES string of the molecule is C1CCC1.C=CC(=O)N[C@H]1COC[C@H]1Nc1ncc2cc(-c3c(Cl)c(OC)cc(OC)c3Cl)c(=O)n(C)c2n1. The Kier molecular flexibility index (Phi) is 9.32. The highest BCUT2D eigenvalue weighted by atomic mass is 35.5. The number of aromatic nitrogens is 3. The van der Waals surface area contributed by atoms with E-state index < -0.39 is 0 Å². The number of hydrogen-bond donors (Lipinski definition) is 2. The van der Waals surface area contributed by atoms with Gasteiger partial charge in [0.1, 0.15) is 17.1 Å². The van der Waals surface area contributed by atoms with E-state index in [0.717, 1.165) is 0 Å². The quantitative estimate of drug-likeness (QED) is 0.399. The van der Waals surface area contributed by atoms with Crippen molar-refractivity contribution in [1.82, 2.24) is 19.9 Å². The van der Waals surface area contributed by atoms with Crippen molar-refractivity contribution >= 4 is 46.1 Å². The van der Waals surface area contributed by atoms with Crippen LogP contribution in [0.4, 0.5) is 5.95 Å². The van der Waals surface area contributed by atoms with Gasteiger partial charge in [0.15, 0.2) is 0 Å². The summed E-state index contributed by atoms with van der Waals surface area (Å²) in [6, 6.07) is 2.64. The zero-order chi connectivity index (χ0) is 28.1. The molecule has 2 N–H and O–H groups in total. The van der Waals surface area contributed by atoms with Crippen LogP contribution in [0.1, 0.15) is 25.7 Å². The summed E-state index contributed by atoms with van der Waals surface area (Å²) in [6.07, 6.45) is 8.78. The molecule has 0 spiro atoms. The lowest BCUT2D eigenvalue weighted by atomic mass is 10.0. The average Bonchev–Trinajstić information content (AvgIpc) is 3.32. The van der Waals surface area contributed by atoms with Gasteiger partial charge in [-0.3, -0.25) is 14.2 Å². The fourth-order valence-electron chi connectivity index (χ4n) is 4.11. The van der Waals surface area contributed by atoms with Crippen LogP contribution in [0.15, 0.2) is 35.8 Å². The minimum Gasteiger partial charge on any atom is -0.495 e. The van der Waals surface area contributed by atoms with Crippen LogP contribution in [-0.2, 0) is 16.6 Å². The number of nitrogens with one attached hydrogen (secondary N) is 2. The van der Waals surface area contributed by atoms with Crippen molar-refractivity contribution in [2.45, 2.75) is 37.8 Å². The van der Waals surface area contributed by atoms with Crippen LogP contribution in [0.25, 0.3) is 22.2 Å². The third-order valence-electron chi connectivity index (χ3n) is 6.70. The molecule has 1 aliphatic heterocycles. The fraction of sp³-hybridized carbons (Fsp3) is 0.407. The molecule has 39 heavy (non-hydrogen) atoms. The highest BCUT2D eigenvalue weighted by molar-refractivity contribution is 6.41. The summed E-state index contributed by atoms with van der Waals surface area (Å²) in [4.78, 5) is 33.9. The average molecular weight is 576 g/mol. The molecule has 5 rings (SSSR count). The molecule has 1 aromatic carbocycles. The second-order valence-corrected chi connectivity index (χ2v) is 9.96. The van der Waals surface area contributed by atoms with Gasteiger partial charge >= 0.3 is 0 Å². The lowest BCUT2D eigenvalue weighted by Crippen LogP contribution is -2.45. The number of benzene rings is 1. The Labute approximate surface area is 236 Å². The Morgan fingerprint density at radius 3 is 2.28 bits per heavy atom. The van der Waals surface area contributed by atoms with Crippen LogP contribution >= 0.6 is 23.2 Å². The van der Waals surface area contributed by atoms with Crippen molar-refractivity contribution in [1.29, 1.82) is 0 Å². The predicted molar refractivity (Wildman–Crippen MR) is 152 cm³/mol. The van der Waals surface area contributed by atoms with Crippen LogP contribution in [0.3, 0.4) is 0 Å².